The van der Waals surface area contributed by atoms with Crippen LogP contribution in [0.3, 0.4) is 0 Å². The highest BCUT2D eigenvalue weighted by Gasteiger charge is 2.29. The molecule has 1 amide bonds. The molecule has 1 heterocycles. The summed E-state index contributed by atoms with van der Waals surface area (Å²) in [4.78, 5) is 18.4. The van der Waals surface area contributed by atoms with Gasteiger partial charge in [-0.1, -0.05) is 26.8 Å². The summed E-state index contributed by atoms with van der Waals surface area (Å²) in [5.74, 6) is 0.988. The predicted octanol–water partition coefficient (Wildman–Crippen LogP) is 3.42. The first kappa shape index (κ1) is 15.7. The monoisotopic (exact) mass is 326 g/mol. The first-order chi connectivity index (χ1) is 8.81. The lowest BCUT2D eigenvalue weighted by Gasteiger charge is -2.28. The van der Waals surface area contributed by atoms with E-state index in [0.717, 1.165) is 4.47 Å². The zero-order chi connectivity index (χ0) is 14.6. The molecule has 1 rings (SSSR count). The first-order valence-electron chi connectivity index (χ1n) is 5.94. The Kier molecular flexibility index (Phi) is 5.11. The van der Waals surface area contributed by atoms with Gasteiger partial charge in [-0.2, -0.15) is 4.98 Å². The Labute approximate surface area is 122 Å². The Balaban J connectivity index is 3.26. The molecular weight excluding hydrogens is 308 g/mol. The Morgan fingerprint density at radius 3 is 2.63 bits per heavy atom. The summed E-state index contributed by atoms with van der Waals surface area (Å²) in [6.07, 6.45) is 1.68. The molecule has 0 saturated carbocycles. The largest absolute Gasteiger partial charge is 0.481 e. The van der Waals surface area contributed by atoms with Gasteiger partial charge in [0.25, 0.3) is 0 Å². The van der Waals surface area contributed by atoms with E-state index in [0.29, 0.717) is 18.2 Å². The van der Waals surface area contributed by atoms with Crippen molar-refractivity contribution in [2.24, 2.45) is 5.41 Å². The second-order valence-corrected chi connectivity index (χ2v) is 5.97. The number of aromatic nitrogens is 1. The molecule has 0 unspecified atom stereocenters. The summed E-state index contributed by atoms with van der Waals surface area (Å²) in [5, 5.41) is 0. The van der Waals surface area contributed by atoms with Crippen LogP contribution in [0.1, 0.15) is 20.8 Å². The van der Waals surface area contributed by atoms with E-state index < -0.39 is 5.41 Å². The highest BCUT2D eigenvalue weighted by molar-refractivity contribution is 9.10. The van der Waals surface area contributed by atoms with Gasteiger partial charge in [0.1, 0.15) is 0 Å². The van der Waals surface area contributed by atoms with Gasteiger partial charge < -0.3 is 4.74 Å². The minimum Gasteiger partial charge on any atom is -0.481 e. The normalized spacial score (nSPS) is 11.0. The Bertz CT molecular complexity index is 481. The molecule has 1 aromatic heterocycles. The van der Waals surface area contributed by atoms with Crippen molar-refractivity contribution in [2.75, 3.05) is 18.6 Å². The fraction of sp³-hybridized carbons (Fsp3) is 0.429. The molecule has 5 heteroatoms. The molecule has 0 aliphatic rings. The van der Waals surface area contributed by atoms with Crippen molar-refractivity contribution < 1.29 is 9.53 Å². The average molecular weight is 327 g/mol. The quantitative estimate of drug-likeness (QED) is 0.796. The molecule has 19 heavy (non-hydrogen) atoms. The van der Waals surface area contributed by atoms with Gasteiger partial charge in [-0.3, -0.25) is 9.69 Å². The second-order valence-electron chi connectivity index (χ2n) is 5.11. The smallest absolute Gasteiger partial charge is 0.233 e. The summed E-state index contributed by atoms with van der Waals surface area (Å²) in [6.45, 7) is 9.72. The number of rotatable bonds is 4. The lowest BCUT2D eigenvalue weighted by molar-refractivity contribution is -0.125. The zero-order valence-corrected chi connectivity index (χ0v) is 13.3. The van der Waals surface area contributed by atoms with Crippen LogP contribution in [0.5, 0.6) is 5.88 Å². The van der Waals surface area contributed by atoms with Crippen molar-refractivity contribution in [1.82, 2.24) is 4.98 Å². The van der Waals surface area contributed by atoms with E-state index >= 15 is 0 Å². The van der Waals surface area contributed by atoms with Crippen molar-refractivity contribution >= 4 is 27.7 Å². The van der Waals surface area contributed by atoms with Crippen LogP contribution in [0.15, 0.2) is 29.3 Å². The van der Waals surface area contributed by atoms with E-state index in [2.05, 4.69) is 27.5 Å². The number of halogens is 1. The summed E-state index contributed by atoms with van der Waals surface area (Å²) in [7, 11) is 1.55. The molecule has 0 N–H and O–H groups in total. The lowest BCUT2D eigenvalue weighted by Crippen LogP contribution is -2.40. The Hall–Kier alpha value is -1.36. The SMILES string of the molecule is C=CCN(C(=O)C(C)(C)C)c1nc(OC)ccc1Br. The number of carbonyl (C=O) groups is 1. The van der Waals surface area contributed by atoms with Gasteiger partial charge in [0.2, 0.25) is 11.8 Å². The number of ether oxygens (including phenoxy) is 1. The Morgan fingerprint density at radius 2 is 2.16 bits per heavy atom. The Morgan fingerprint density at radius 1 is 1.53 bits per heavy atom. The standard InChI is InChI=1S/C14H19BrN2O2/c1-6-9-17(13(18)14(2,3)4)12-10(15)7-8-11(16-12)19-5/h6-8H,1,9H2,2-5H3. The molecular formula is C14H19BrN2O2. The predicted molar refractivity (Wildman–Crippen MR) is 80.5 cm³/mol. The molecule has 0 radical (unpaired) electrons. The number of nitrogens with zero attached hydrogens (tertiary/aromatic N) is 2. The number of hydrogen-bond donors (Lipinski definition) is 0. The van der Waals surface area contributed by atoms with Crippen LogP contribution in [0.25, 0.3) is 0 Å². The molecule has 0 fully saturated rings. The van der Waals surface area contributed by atoms with Gasteiger partial charge >= 0.3 is 0 Å². The molecule has 0 atom stereocenters. The first-order valence-corrected chi connectivity index (χ1v) is 6.74. The van der Waals surface area contributed by atoms with Crippen molar-refractivity contribution in [3.05, 3.63) is 29.3 Å². The van der Waals surface area contributed by atoms with E-state index in [1.807, 2.05) is 26.8 Å². The van der Waals surface area contributed by atoms with E-state index in [-0.39, 0.29) is 5.91 Å². The third-order valence-electron chi connectivity index (χ3n) is 2.47. The lowest BCUT2D eigenvalue weighted by atomic mass is 9.94. The molecule has 1 aromatic rings. The third kappa shape index (κ3) is 3.80. The van der Waals surface area contributed by atoms with Crippen molar-refractivity contribution in [1.29, 1.82) is 0 Å². The number of pyridine rings is 1. The van der Waals surface area contributed by atoms with Crippen molar-refractivity contribution in [3.63, 3.8) is 0 Å². The topological polar surface area (TPSA) is 42.4 Å². The van der Waals surface area contributed by atoms with Gasteiger partial charge in [0.15, 0.2) is 5.82 Å². The van der Waals surface area contributed by atoms with Crippen molar-refractivity contribution in [3.8, 4) is 5.88 Å². The average Bonchev–Trinajstić information content (AvgIpc) is 2.35. The maximum atomic E-state index is 12.5. The molecule has 0 aliphatic carbocycles. The van der Waals surface area contributed by atoms with Gasteiger partial charge in [0, 0.05) is 18.0 Å². The van der Waals surface area contributed by atoms with Gasteiger partial charge in [-0.25, -0.2) is 0 Å². The van der Waals surface area contributed by atoms with E-state index in [4.69, 9.17) is 4.74 Å². The molecule has 104 valence electrons. The minimum absolute atomic E-state index is 0.0196. The fourth-order valence-electron chi connectivity index (χ4n) is 1.52. The van der Waals surface area contributed by atoms with Crippen LogP contribution in [-0.4, -0.2) is 24.5 Å². The molecule has 0 saturated heterocycles. The zero-order valence-electron chi connectivity index (χ0n) is 11.7. The third-order valence-corrected chi connectivity index (χ3v) is 3.08. The van der Waals surface area contributed by atoms with Crippen molar-refractivity contribution in [2.45, 2.75) is 20.8 Å². The summed E-state index contributed by atoms with van der Waals surface area (Å²) in [5.41, 5.74) is -0.493. The highest BCUT2D eigenvalue weighted by Crippen LogP contribution is 2.30. The van der Waals surface area contributed by atoms with Gasteiger partial charge in [-0.05, 0) is 22.0 Å². The van der Waals surface area contributed by atoms with Crippen LogP contribution in [0, 0.1) is 5.41 Å². The van der Waals surface area contributed by atoms with E-state index in [1.165, 1.54) is 0 Å². The number of hydrogen-bond acceptors (Lipinski definition) is 3. The second kappa shape index (κ2) is 6.19. The van der Waals surface area contributed by atoms with E-state index in [1.54, 1.807) is 24.2 Å². The number of methoxy groups -OCH3 is 1. The van der Waals surface area contributed by atoms with Crippen LogP contribution < -0.4 is 9.64 Å². The summed E-state index contributed by atoms with van der Waals surface area (Å²) in [6, 6.07) is 3.55. The van der Waals surface area contributed by atoms with Crippen LogP contribution in [0.2, 0.25) is 0 Å². The molecule has 0 bridgehead atoms. The van der Waals surface area contributed by atoms with Crippen LogP contribution >= 0.6 is 15.9 Å². The minimum atomic E-state index is -0.493. The fourth-order valence-corrected chi connectivity index (χ4v) is 1.95. The maximum Gasteiger partial charge on any atom is 0.233 e. The van der Waals surface area contributed by atoms with Crippen LogP contribution in [0.4, 0.5) is 5.82 Å². The number of anilines is 1. The summed E-state index contributed by atoms with van der Waals surface area (Å²) < 4.78 is 5.85. The highest BCUT2D eigenvalue weighted by atomic mass is 79.9. The molecule has 0 aliphatic heterocycles. The number of carbonyl (C=O) groups excluding carboxylic acids is 1. The maximum absolute atomic E-state index is 12.5. The number of amides is 1. The van der Waals surface area contributed by atoms with E-state index in [9.17, 15) is 4.79 Å². The molecule has 0 spiro atoms. The van der Waals surface area contributed by atoms with Gasteiger partial charge in [-0.15, -0.1) is 6.58 Å². The molecule has 4 nitrogen and oxygen atoms in total. The van der Waals surface area contributed by atoms with Gasteiger partial charge in [0.05, 0.1) is 11.6 Å². The summed E-state index contributed by atoms with van der Waals surface area (Å²) >= 11 is 3.42. The molecule has 0 aromatic carbocycles. The van der Waals surface area contributed by atoms with Crippen LogP contribution in [-0.2, 0) is 4.79 Å².